The molecule has 0 aromatic carbocycles. The van der Waals surface area contributed by atoms with Gasteiger partial charge in [0.25, 0.3) is 0 Å². The second kappa shape index (κ2) is 3.74. The molecule has 0 radical (unpaired) electrons. The van der Waals surface area contributed by atoms with Crippen molar-refractivity contribution in [2.75, 3.05) is 0 Å². The summed E-state index contributed by atoms with van der Waals surface area (Å²) >= 11 is 3.69. The van der Waals surface area contributed by atoms with E-state index in [0.717, 1.165) is 23.9 Å². The zero-order valence-electron chi connectivity index (χ0n) is 7.70. The van der Waals surface area contributed by atoms with E-state index in [9.17, 15) is 0 Å². The Morgan fingerprint density at radius 3 is 3.00 bits per heavy atom. The summed E-state index contributed by atoms with van der Waals surface area (Å²) in [4.78, 5) is 9.21. The first-order valence-electron chi connectivity index (χ1n) is 4.68. The maximum absolute atomic E-state index is 4.38. The highest BCUT2D eigenvalue weighted by Crippen LogP contribution is 2.37. The fourth-order valence-electron chi connectivity index (χ4n) is 1.40. The number of rotatable bonds is 3. The molecule has 1 unspecified atom stereocenters. The lowest BCUT2D eigenvalue weighted by molar-refractivity contribution is 0.724. The van der Waals surface area contributed by atoms with E-state index in [2.05, 4.69) is 25.9 Å². The number of halogens is 1. The SMILES string of the molecule is Cc1ccnc(CC(Br)C2CC2)n1. The van der Waals surface area contributed by atoms with Crippen LogP contribution in [0.5, 0.6) is 0 Å². The van der Waals surface area contributed by atoms with Crippen LogP contribution < -0.4 is 0 Å². The Balaban J connectivity index is 2.00. The van der Waals surface area contributed by atoms with Gasteiger partial charge in [0.05, 0.1) is 0 Å². The normalized spacial score (nSPS) is 18.6. The van der Waals surface area contributed by atoms with Gasteiger partial charge in [-0.15, -0.1) is 0 Å². The Hall–Kier alpha value is -0.440. The highest BCUT2D eigenvalue weighted by atomic mass is 79.9. The summed E-state index contributed by atoms with van der Waals surface area (Å²) in [5, 5.41) is 0. The molecule has 0 N–H and O–H groups in total. The van der Waals surface area contributed by atoms with E-state index >= 15 is 0 Å². The van der Waals surface area contributed by atoms with Gasteiger partial charge in [0.2, 0.25) is 0 Å². The van der Waals surface area contributed by atoms with Gasteiger partial charge in [-0.2, -0.15) is 0 Å². The second-order valence-corrected chi connectivity index (χ2v) is 4.85. The first-order valence-corrected chi connectivity index (χ1v) is 5.60. The van der Waals surface area contributed by atoms with Crippen molar-refractivity contribution in [3.05, 3.63) is 23.8 Å². The van der Waals surface area contributed by atoms with Gasteiger partial charge in [-0.3, -0.25) is 0 Å². The molecule has 1 fully saturated rings. The first-order chi connectivity index (χ1) is 6.25. The minimum absolute atomic E-state index is 0.578. The minimum atomic E-state index is 0.578. The molecule has 1 aliphatic rings. The standard InChI is InChI=1S/C10H13BrN2/c1-7-4-5-12-10(13-7)6-9(11)8-2-3-8/h4-5,8-9H,2-3,6H2,1H3. The number of alkyl halides is 1. The van der Waals surface area contributed by atoms with E-state index in [4.69, 9.17) is 0 Å². The van der Waals surface area contributed by atoms with Crippen LogP contribution in [0.4, 0.5) is 0 Å². The predicted octanol–water partition coefficient (Wildman–Crippen LogP) is 2.50. The third-order valence-electron chi connectivity index (χ3n) is 2.36. The van der Waals surface area contributed by atoms with Crippen LogP contribution in [0, 0.1) is 12.8 Å². The van der Waals surface area contributed by atoms with Gasteiger partial charge in [0.15, 0.2) is 0 Å². The van der Waals surface area contributed by atoms with Crippen molar-refractivity contribution >= 4 is 15.9 Å². The molecule has 2 rings (SSSR count). The fraction of sp³-hybridized carbons (Fsp3) is 0.600. The molecule has 1 saturated carbocycles. The van der Waals surface area contributed by atoms with Crippen molar-refractivity contribution in [1.82, 2.24) is 9.97 Å². The Morgan fingerprint density at radius 1 is 1.62 bits per heavy atom. The molecule has 1 atom stereocenters. The molecule has 1 heterocycles. The van der Waals surface area contributed by atoms with E-state index in [1.807, 2.05) is 19.2 Å². The molecule has 0 amide bonds. The largest absolute Gasteiger partial charge is 0.241 e. The van der Waals surface area contributed by atoms with Crippen LogP contribution in [-0.2, 0) is 6.42 Å². The van der Waals surface area contributed by atoms with Gasteiger partial charge >= 0.3 is 0 Å². The summed E-state index contributed by atoms with van der Waals surface area (Å²) in [5.74, 6) is 1.83. The number of hydrogen-bond donors (Lipinski definition) is 0. The van der Waals surface area contributed by atoms with Crippen molar-refractivity contribution in [2.24, 2.45) is 5.92 Å². The summed E-state index contributed by atoms with van der Waals surface area (Å²) < 4.78 is 0. The molecule has 13 heavy (non-hydrogen) atoms. The van der Waals surface area contributed by atoms with Crippen molar-refractivity contribution in [1.29, 1.82) is 0 Å². The maximum atomic E-state index is 4.38. The number of nitrogens with zero attached hydrogens (tertiary/aromatic N) is 2. The van der Waals surface area contributed by atoms with E-state index in [0.29, 0.717) is 4.83 Å². The Morgan fingerprint density at radius 2 is 2.38 bits per heavy atom. The summed E-state index contributed by atoms with van der Waals surface area (Å²) in [6.45, 7) is 2.01. The van der Waals surface area contributed by atoms with E-state index in [1.54, 1.807) is 0 Å². The van der Waals surface area contributed by atoms with Crippen molar-refractivity contribution < 1.29 is 0 Å². The summed E-state index contributed by atoms with van der Waals surface area (Å²) in [6, 6.07) is 1.93. The highest BCUT2D eigenvalue weighted by Gasteiger charge is 2.29. The molecule has 2 nitrogen and oxygen atoms in total. The molecular weight excluding hydrogens is 228 g/mol. The fourth-order valence-corrected chi connectivity index (χ4v) is 2.22. The molecule has 0 saturated heterocycles. The molecule has 3 heteroatoms. The molecule has 1 aliphatic carbocycles. The van der Waals surface area contributed by atoms with Gasteiger partial charge in [-0.05, 0) is 31.7 Å². The van der Waals surface area contributed by atoms with Gasteiger partial charge in [0, 0.05) is 23.1 Å². The van der Waals surface area contributed by atoms with Crippen LogP contribution in [0.1, 0.15) is 24.4 Å². The van der Waals surface area contributed by atoms with E-state index in [1.165, 1.54) is 12.8 Å². The number of hydrogen-bond acceptors (Lipinski definition) is 2. The molecule has 1 aromatic rings. The predicted molar refractivity (Wildman–Crippen MR) is 55.9 cm³/mol. The Labute approximate surface area is 86.9 Å². The van der Waals surface area contributed by atoms with Crippen LogP contribution in [-0.4, -0.2) is 14.8 Å². The van der Waals surface area contributed by atoms with Gasteiger partial charge in [0.1, 0.15) is 5.82 Å². The highest BCUT2D eigenvalue weighted by molar-refractivity contribution is 9.09. The topological polar surface area (TPSA) is 25.8 Å². The lowest BCUT2D eigenvalue weighted by Crippen LogP contribution is -2.08. The van der Waals surface area contributed by atoms with Crippen LogP contribution in [0.25, 0.3) is 0 Å². The first kappa shape index (κ1) is 9.13. The van der Waals surface area contributed by atoms with Crippen LogP contribution >= 0.6 is 15.9 Å². The molecule has 0 spiro atoms. The second-order valence-electron chi connectivity index (χ2n) is 3.67. The Bertz CT molecular complexity index is 297. The summed E-state index contributed by atoms with van der Waals surface area (Å²) in [5.41, 5.74) is 1.06. The number of aromatic nitrogens is 2. The molecule has 0 aliphatic heterocycles. The average Bonchev–Trinajstić information content (AvgIpc) is 2.85. The van der Waals surface area contributed by atoms with Crippen molar-refractivity contribution in [3.8, 4) is 0 Å². The minimum Gasteiger partial charge on any atom is -0.241 e. The van der Waals surface area contributed by atoms with Crippen LogP contribution in [0.3, 0.4) is 0 Å². The average molecular weight is 241 g/mol. The van der Waals surface area contributed by atoms with E-state index in [-0.39, 0.29) is 0 Å². The quantitative estimate of drug-likeness (QED) is 0.760. The maximum Gasteiger partial charge on any atom is 0.129 e. The lowest BCUT2D eigenvalue weighted by Gasteiger charge is -2.06. The summed E-state index contributed by atoms with van der Waals surface area (Å²) in [7, 11) is 0. The van der Waals surface area contributed by atoms with Gasteiger partial charge < -0.3 is 0 Å². The monoisotopic (exact) mass is 240 g/mol. The molecule has 1 aromatic heterocycles. The van der Waals surface area contributed by atoms with Crippen molar-refractivity contribution in [2.45, 2.75) is 31.0 Å². The van der Waals surface area contributed by atoms with E-state index < -0.39 is 0 Å². The third-order valence-corrected chi connectivity index (χ3v) is 3.43. The molecule has 70 valence electrons. The summed E-state index contributed by atoms with van der Waals surface area (Å²) in [6.07, 6.45) is 5.53. The molecular formula is C10H13BrN2. The van der Waals surface area contributed by atoms with Gasteiger partial charge in [-0.1, -0.05) is 15.9 Å². The molecule has 0 bridgehead atoms. The van der Waals surface area contributed by atoms with Crippen LogP contribution in [0.2, 0.25) is 0 Å². The van der Waals surface area contributed by atoms with Crippen molar-refractivity contribution in [3.63, 3.8) is 0 Å². The Kier molecular flexibility index (Phi) is 2.63. The zero-order chi connectivity index (χ0) is 9.26. The third kappa shape index (κ3) is 2.50. The van der Waals surface area contributed by atoms with Crippen LogP contribution in [0.15, 0.2) is 12.3 Å². The smallest absolute Gasteiger partial charge is 0.129 e. The number of aryl methyl sites for hydroxylation is 1. The lowest BCUT2D eigenvalue weighted by atomic mass is 10.2. The van der Waals surface area contributed by atoms with Gasteiger partial charge in [-0.25, -0.2) is 9.97 Å². The zero-order valence-corrected chi connectivity index (χ0v) is 9.29.